The fraction of sp³-hybridized carbons (Fsp3) is 0.200. The van der Waals surface area contributed by atoms with Crippen molar-refractivity contribution in [2.45, 2.75) is 20.0 Å². The van der Waals surface area contributed by atoms with E-state index in [1.807, 2.05) is 5.38 Å². The zero-order chi connectivity index (χ0) is 15.2. The molecule has 0 saturated carbocycles. The number of hydrogen-bond donors (Lipinski definition) is 1. The Morgan fingerprint density at radius 3 is 2.95 bits per heavy atom. The SMILES string of the molecule is CCc1nc(COc2ccc(C=CC(=O)O)cc2Cl)cs1. The van der Waals surface area contributed by atoms with Crippen LogP contribution in [0.3, 0.4) is 0 Å². The maximum absolute atomic E-state index is 10.5. The van der Waals surface area contributed by atoms with Crippen LogP contribution in [0.15, 0.2) is 29.7 Å². The minimum atomic E-state index is -0.998. The van der Waals surface area contributed by atoms with Crippen LogP contribution in [0.5, 0.6) is 5.75 Å². The summed E-state index contributed by atoms with van der Waals surface area (Å²) < 4.78 is 5.63. The summed E-state index contributed by atoms with van der Waals surface area (Å²) in [6.45, 7) is 2.42. The van der Waals surface area contributed by atoms with E-state index in [1.54, 1.807) is 29.5 Å². The molecule has 0 unspecified atom stereocenters. The van der Waals surface area contributed by atoms with Gasteiger partial charge in [-0.1, -0.05) is 24.6 Å². The molecule has 0 aliphatic heterocycles. The van der Waals surface area contributed by atoms with Gasteiger partial charge in [-0.15, -0.1) is 11.3 Å². The van der Waals surface area contributed by atoms with E-state index in [0.717, 1.165) is 23.2 Å². The van der Waals surface area contributed by atoms with Gasteiger partial charge in [-0.3, -0.25) is 0 Å². The summed E-state index contributed by atoms with van der Waals surface area (Å²) in [6, 6.07) is 5.13. The molecule has 0 aliphatic rings. The number of halogens is 1. The van der Waals surface area contributed by atoms with Gasteiger partial charge in [0.25, 0.3) is 0 Å². The molecule has 4 nitrogen and oxygen atoms in total. The van der Waals surface area contributed by atoms with Crippen molar-refractivity contribution >= 4 is 35.0 Å². The summed E-state index contributed by atoms with van der Waals surface area (Å²) in [6.07, 6.45) is 3.45. The Bertz CT molecular complexity index is 667. The zero-order valence-electron chi connectivity index (χ0n) is 11.4. The van der Waals surface area contributed by atoms with Crippen LogP contribution in [0.1, 0.15) is 23.2 Å². The molecule has 1 aromatic heterocycles. The van der Waals surface area contributed by atoms with Gasteiger partial charge in [-0.2, -0.15) is 0 Å². The lowest BCUT2D eigenvalue weighted by Gasteiger charge is -2.07. The molecule has 1 N–H and O–H groups in total. The van der Waals surface area contributed by atoms with Crippen LogP contribution in [0, 0.1) is 0 Å². The average molecular weight is 324 g/mol. The lowest BCUT2D eigenvalue weighted by Crippen LogP contribution is -1.97. The molecular formula is C15H14ClNO3S. The Kier molecular flexibility index (Phi) is 5.36. The van der Waals surface area contributed by atoms with Gasteiger partial charge in [0.2, 0.25) is 0 Å². The molecule has 2 aromatic rings. The van der Waals surface area contributed by atoms with E-state index in [2.05, 4.69) is 11.9 Å². The predicted octanol–water partition coefficient (Wildman–Crippen LogP) is 4.04. The highest BCUT2D eigenvalue weighted by Crippen LogP contribution is 2.27. The molecule has 1 heterocycles. The van der Waals surface area contributed by atoms with Gasteiger partial charge in [0, 0.05) is 11.5 Å². The number of benzene rings is 1. The molecule has 6 heteroatoms. The second-order valence-corrected chi connectivity index (χ2v) is 5.59. The van der Waals surface area contributed by atoms with Crippen LogP contribution >= 0.6 is 22.9 Å². The van der Waals surface area contributed by atoms with E-state index in [0.29, 0.717) is 22.9 Å². The third kappa shape index (κ3) is 4.58. The third-order valence-corrected chi connectivity index (χ3v) is 3.99. The smallest absolute Gasteiger partial charge is 0.328 e. The van der Waals surface area contributed by atoms with Crippen LogP contribution in [0.25, 0.3) is 6.08 Å². The number of rotatable bonds is 6. The van der Waals surface area contributed by atoms with Crippen LogP contribution < -0.4 is 4.74 Å². The first-order valence-electron chi connectivity index (χ1n) is 6.35. The second kappa shape index (κ2) is 7.24. The van der Waals surface area contributed by atoms with E-state index in [9.17, 15) is 4.79 Å². The van der Waals surface area contributed by atoms with Crippen LogP contribution in [0.4, 0.5) is 0 Å². The van der Waals surface area contributed by atoms with Gasteiger partial charge in [-0.05, 0) is 30.2 Å². The zero-order valence-corrected chi connectivity index (χ0v) is 12.9. The highest BCUT2D eigenvalue weighted by molar-refractivity contribution is 7.09. The molecular weight excluding hydrogens is 310 g/mol. The molecule has 1 aromatic carbocycles. The standard InChI is InChI=1S/C15H14ClNO3S/c1-2-14-17-11(9-21-14)8-20-13-5-3-10(7-12(13)16)4-6-15(18)19/h3-7,9H,2,8H2,1H3,(H,18,19). The van der Waals surface area contributed by atoms with E-state index >= 15 is 0 Å². The maximum atomic E-state index is 10.5. The number of aromatic nitrogens is 1. The van der Waals surface area contributed by atoms with Crippen LogP contribution in [-0.4, -0.2) is 16.1 Å². The first-order valence-corrected chi connectivity index (χ1v) is 7.61. The normalized spacial score (nSPS) is 11.0. The molecule has 0 saturated heterocycles. The van der Waals surface area contributed by atoms with Gasteiger partial charge in [0.15, 0.2) is 0 Å². The Balaban J connectivity index is 2.02. The number of carbonyl (C=O) groups is 1. The summed E-state index contributed by atoms with van der Waals surface area (Å²) in [7, 11) is 0. The van der Waals surface area contributed by atoms with Gasteiger partial charge >= 0.3 is 5.97 Å². The molecule has 2 rings (SSSR count). The Labute approximate surface area is 131 Å². The lowest BCUT2D eigenvalue weighted by molar-refractivity contribution is -0.131. The van der Waals surface area contributed by atoms with E-state index < -0.39 is 5.97 Å². The highest BCUT2D eigenvalue weighted by Gasteiger charge is 2.05. The van der Waals surface area contributed by atoms with Gasteiger partial charge in [-0.25, -0.2) is 9.78 Å². The van der Waals surface area contributed by atoms with Crippen molar-refractivity contribution in [3.63, 3.8) is 0 Å². The Hall–Kier alpha value is -1.85. The molecule has 0 aliphatic carbocycles. The number of ether oxygens (including phenoxy) is 1. The largest absolute Gasteiger partial charge is 0.486 e. The number of nitrogens with zero attached hydrogens (tertiary/aromatic N) is 1. The molecule has 0 amide bonds. The Morgan fingerprint density at radius 1 is 1.52 bits per heavy atom. The third-order valence-electron chi connectivity index (χ3n) is 2.65. The fourth-order valence-electron chi connectivity index (χ4n) is 1.63. The van der Waals surface area contributed by atoms with Crippen molar-refractivity contribution in [3.8, 4) is 5.75 Å². The number of carboxylic acid groups (broad SMARTS) is 1. The first-order chi connectivity index (χ1) is 10.1. The molecule has 0 spiro atoms. The van der Waals surface area contributed by atoms with Gasteiger partial charge in [0.1, 0.15) is 12.4 Å². The summed E-state index contributed by atoms with van der Waals surface area (Å²) in [5.41, 5.74) is 1.58. The van der Waals surface area contributed by atoms with Crippen molar-refractivity contribution in [2.75, 3.05) is 0 Å². The summed E-state index contributed by atoms with van der Waals surface area (Å²) in [5, 5.41) is 12.1. The number of thiazole rings is 1. The maximum Gasteiger partial charge on any atom is 0.328 e. The number of hydrogen-bond acceptors (Lipinski definition) is 4. The van der Waals surface area contributed by atoms with Crippen molar-refractivity contribution in [2.24, 2.45) is 0 Å². The van der Waals surface area contributed by atoms with E-state index in [4.69, 9.17) is 21.4 Å². The molecule has 0 bridgehead atoms. The topological polar surface area (TPSA) is 59.4 Å². The van der Waals surface area contributed by atoms with Crippen molar-refractivity contribution in [3.05, 3.63) is 50.9 Å². The van der Waals surface area contributed by atoms with Crippen LogP contribution in [-0.2, 0) is 17.8 Å². The van der Waals surface area contributed by atoms with E-state index in [-0.39, 0.29) is 0 Å². The van der Waals surface area contributed by atoms with Crippen molar-refractivity contribution in [1.82, 2.24) is 4.98 Å². The van der Waals surface area contributed by atoms with Crippen molar-refractivity contribution < 1.29 is 14.6 Å². The fourth-order valence-corrected chi connectivity index (χ4v) is 2.61. The van der Waals surface area contributed by atoms with Gasteiger partial charge < -0.3 is 9.84 Å². The Morgan fingerprint density at radius 2 is 2.33 bits per heavy atom. The summed E-state index contributed by atoms with van der Waals surface area (Å²) >= 11 is 7.73. The van der Waals surface area contributed by atoms with Gasteiger partial charge in [0.05, 0.1) is 15.7 Å². The average Bonchev–Trinajstić information content (AvgIpc) is 2.92. The number of carboxylic acids is 1. The predicted molar refractivity (Wildman–Crippen MR) is 83.9 cm³/mol. The molecule has 21 heavy (non-hydrogen) atoms. The molecule has 0 fully saturated rings. The minimum absolute atomic E-state index is 0.362. The van der Waals surface area contributed by atoms with E-state index in [1.165, 1.54) is 6.08 Å². The highest BCUT2D eigenvalue weighted by atomic mass is 35.5. The molecule has 0 atom stereocenters. The summed E-state index contributed by atoms with van der Waals surface area (Å²) in [4.78, 5) is 14.9. The monoisotopic (exact) mass is 323 g/mol. The number of aryl methyl sites for hydroxylation is 1. The van der Waals surface area contributed by atoms with Crippen LogP contribution in [0.2, 0.25) is 5.02 Å². The molecule has 0 radical (unpaired) electrons. The lowest BCUT2D eigenvalue weighted by atomic mass is 10.2. The summed E-state index contributed by atoms with van der Waals surface area (Å²) in [5.74, 6) is -0.447. The quantitative estimate of drug-likeness (QED) is 0.815. The minimum Gasteiger partial charge on any atom is -0.486 e. The molecule has 110 valence electrons. The second-order valence-electron chi connectivity index (χ2n) is 4.24. The van der Waals surface area contributed by atoms with Crippen molar-refractivity contribution in [1.29, 1.82) is 0 Å². The first kappa shape index (κ1) is 15.5. The number of aliphatic carboxylic acids is 1.